The number of carbonyl (C=O) groups is 1. The molecule has 1 saturated heterocycles. The molecule has 5 rings (SSSR count). The van der Waals surface area contributed by atoms with Gasteiger partial charge in [-0.25, -0.2) is 9.78 Å². The number of nitrogens with zero attached hydrogens (tertiary/aromatic N) is 6. The molecule has 0 bridgehead atoms. The lowest BCUT2D eigenvalue weighted by Crippen LogP contribution is -2.41. The Bertz CT molecular complexity index is 1330. The van der Waals surface area contributed by atoms with Gasteiger partial charge in [-0.2, -0.15) is 4.98 Å². The average Bonchev–Trinajstić information content (AvgIpc) is 3.12. The van der Waals surface area contributed by atoms with E-state index in [9.17, 15) is 4.79 Å². The van der Waals surface area contributed by atoms with Crippen molar-refractivity contribution in [2.75, 3.05) is 45.2 Å². The van der Waals surface area contributed by atoms with Gasteiger partial charge in [0.2, 0.25) is 0 Å². The van der Waals surface area contributed by atoms with Gasteiger partial charge in [-0.05, 0) is 29.7 Å². The molecule has 0 radical (unpaired) electrons. The van der Waals surface area contributed by atoms with E-state index in [0.29, 0.717) is 18.8 Å². The molecule has 0 unspecified atom stereocenters. The molecule has 0 N–H and O–H groups in total. The summed E-state index contributed by atoms with van der Waals surface area (Å²) in [6.45, 7) is 4.98. The van der Waals surface area contributed by atoms with Crippen molar-refractivity contribution in [2.45, 2.75) is 26.2 Å². The van der Waals surface area contributed by atoms with E-state index in [0.717, 1.165) is 66.0 Å². The number of benzene rings is 2. The number of anilines is 1. The minimum Gasteiger partial charge on any atom is -0.354 e. The van der Waals surface area contributed by atoms with E-state index in [-0.39, 0.29) is 6.03 Å². The second-order valence-electron chi connectivity index (χ2n) is 8.99. The molecule has 176 valence electrons. The highest BCUT2D eigenvalue weighted by Gasteiger charge is 2.26. The van der Waals surface area contributed by atoms with Crippen molar-refractivity contribution >= 4 is 33.7 Å². The van der Waals surface area contributed by atoms with Crippen LogP contribution in [0.5, 0.6) is 0 Å². The predicted molar refractivity (Wildman–Crippen MR) is 134 cm³/mol. The molecule has 1 aliphatic heterocycles. The van der Waals surface area contributed by atoms with Crippen LogP contribution in [0, 0.1) is 0 Å². The zero-order valence-corrected chi connectivity index (χ0v) is 20.0. The van der Waals surface area contributed by atoms with Crippen LogP contribution in [0.2, 0.25) is 0 Å². The summed E-state index contributed by atoms with van der Waals surface area (Å²) in [6, 6.07) is 14.6. The number of amides is 2. The summed E-state index contributed by atoms with van der Waals surface area (Å²) in [7, 11) is 3.59. The summed E-state index contributed by atoms with van der Waals surface area (Å²) < 4.78 is 5.76. The predicted octanol–water partition coefficient (Wildman–Crippen LogP) is 4.58. The topological polar surface area (TPSA) is 78.6 Å². The molecule has 1 fully saturated rings. The lowest BCUT2D eigenvalue weighted by molar-refractivity contribution is 0.174. The normalized spacial score (nSPS) is 14.6. The zero-order valence-electron chi connectivity index (χ0n) is 20.0. The highest BCUT2D eigenvalue weighted by Crippen LogP contribution is 2.35. The SMILES string of the molecule is CCCc1nc(N2CCCN(C(=O)N(C)C)CC2)c2c(-c3ccc4ccccc4c3)noc2n1. The molecule has 0 atom stereocenters. The summed E-state index contributed by atoms with van der Waals surface area (Å²) in [4.78, 5) is 28.0. The van der Waals surface area contributed by atoms with Crippen LogP contribution in [0.25, 0.3) is 33.1 Å². The van der Waals surface area contributed by atoms with Gasteiger partial charge in [0.1, 0.15) is 22.7 Å². The van der Waals surface area contributed by atoms with Crippen molar-refractivity contribution in [3.63, 3.8) is 0 Å². The maximum atomic E-state index is 12.5. The van der Waals surface area contributed by atoms with Gasteiger partial charge >= 0.3 is 6.03 Å². The Morgan fingerprint density at radius 3 is 2.65 bits per heavy atom. The van der Waals surface area contributed by atoms with Gasteiger partial charge in [0.15, 0.2) is 0 Å². The molecule has 8 heteroatoms. The number of aryl methyl sites for hydroxylation is 1. The first kappa shape index (κ1) is 22.1. The van der Waals surface area contributed by atoms with Crippen LogP contribution in [0.3, 0.4) is 0 Å². The van der Waals surface area contributed by atoms with Crippen LogP contribution in [0.1, 0.15) is 25.6 Å². The first-order valence-electron chi connectivity index (χ1n) is 11.9. The standard InChI is InChI=1S/C26H30N6O2/c1-4-8-21-27-24(31-13-7-14-32(16-15-31)26(33)30(2)3)22-23(29-34-25(22)28-21)20-12-11-18-9-5-6-10-19(18)17-20/h5-6,9-12,17H,4,7-8,13-16H2,1-3H3. The molecule has 0 aliphatic carbocycles. The lowest BCUT2D eigenvalue weighted by Gasteiger charge is -2.25. The molecule has 2 aromatic heterocycles. The number of urea groups is 1. The average molecular weight is 459 g/mol. The van der Waals surface area contributed by atoms with Crippen molar-refractivity contribution in [3.8, 4) is 11.3 Å². The molecule has 1 aliphatic rings. The Kier molecular flexibility index (Phi) is 6.04. The van der Waals surface area contributed by atoms with Crippen LogP contribution in [-0.4, -0.2) is 71.2 Å². The molecular formula is C26H30N6O2. The quantitative estimate of drug-likeness (QED) is 0.445. The second-order valence-corrected chi connectivity index (χ2v) is 8.99. The summed E-state index contributed by atoms with van der Waals surface area (Å²) >= 11 is 0. The fourth-order valence-corrected chi connectivity index (χ4v) is 4.58. The molecule has 0 spiro atoms. The Labute approximate surface area is 199 Å². The van der Waals surface area contributed by atoms with Crippen LogP contribution < -0.4 is 4.90 Å². The molecule has 2 amide bonds. The molecular weight excluding hydrogens is 428 g/mol. The van der Waals surface area contributed by atoms with E-state index in [2.05, 4.69) is 52.3 Å². The molecule has 3 heterocycles. The van der Waals surface area contributed by atoms with Gasteiger partial charge in [0, 0.05) is 52.3 Å². The molecule has 34 heavy (non-hydrogen) atoms. The van der Waals surface area contributed by atoms with E-state index >= 15 is 0 Å². The van der Waals surface area contributed by atoms with Crippen molar-refractivity contribution in [1.29, 1.82) is 0 Å². The van der Waals surface area contributed by atoms with E-state index in [1.54, 1.807) is 19.0 Å². The maximum Gasteiger partial charge on any atom is 0.319 e. The Hall–Kier alpha value is -3.68. The summed E-state index contributed by atoms with van der Waals surface area (Å²) in [5.41, 5.74) is 2.25. The molecule has 0 saturated carbocycles. The largest absolute Gasteiger partial charge is 0.354 e. The zero-order chi connectivity index (χ0) is 23.7. The van der Waals surface area contributed by atoms with E-state index in [1.165, 1.54) is 5.39 Å². The van der Waals surface area contributed by atoms with Crippen molar-refractivity contribution in [1.82, 2.24) is 24.9 Å². The fraction of sp³-hybridized carbons (Fsp3) is 0.385. The summed E-state index contributed by atoms with van der Waals surface area (Å²) in [5, 5.41) is 7.61. The second kappa shape index (κ2) is 9.29. The van der Waals surface area contributed by atoms with Gasteiger partial charge in [-0.1, -0.05) is 48.5 Å². The van der Waals surface area contributed by atoms with Crippen LogP contribution in [-0.2, 0) is 6.42 Å². The first-order valence-corrected chi connectivity index (χ1v) is 11.9. The van der Waals surface area contributed by atoms with Crippen LogP contribution in [0.4, 0.5) is 10.6 Å². The molecule has 8 nitrogen and oxygen atoms in total. The number of hydrogen-bond acceptors (Lipinski definition) is 6. The number of hydrogen-bond donors (Lipinski definition) is 0. The summed E-state index contributed by atoms with van der Waals surface area (Å²) in [6.07, 6.45) is 2.58. The minimum atomic E-state index is 0.0446. The van der Waals surface area contributed by atoms with Gasteiger partial charge in [0.05, 0.1) is 0 Å². The first-order chi connectivity index (χ1) is 16.5. The Balaban J connectivity index is 1.58. The lowest BCUT2D eigenvalue weighted by atomic mass is 10.0. The Morgan fingerprint density at radius 1 is 1.03 bits per heavy atom. The maximum absolute atomic E-state index is 12.5. The third-order valence-corrected chi connectivity index (χ3v) is 6.31. The van der Waals surface area contributed by atoms with E-state index in [4.69, 9.17) is 9.51 Å². The Morgan fingerprint density at radius 2 is 1.85 bits per heavy atom. The van der Waals surface area contributed by atoms with E-state index in [1.807, 2.05) is 17.0 Å². The third-order valence-electron chi connectivity index (χ3n) is 6.31. The number of fused-ring (bicyclic) bond motifs is 2. The van der Waals surface area contributed by atoms with Crippen LogP contribution >= 0.6 is 0 Å². The number of carbonyl (C=O) groups excluding carboxylic acids is 1. The van der Waals surface area contributed by atoms with Gasteiger partial charge < -0.3 is 19.2 Å². The van der Waals surface area contributed by atoms with Crippen molar-refractivity contribution in [2.24, 2.45) is 0 Å². The third kappa shape index (κ3) is 4.16. The van der Waals surface area contributed by atoms with Gasteiger partial charge in [-0.3, -0.25) is 0 Å². The highest BCUT2D eigenvalue weighted by molar-refractivity contribution is 6.00. The highest BCUT2D eigenvalue weighted by atomic mass is 16.5. The van der Waals surface area contributed by atoms with Crippen molar-refractivity contribution < 1.29 is 9.32 Å². The van der Waals surface area contributed by atoms with E-state index < -0.39 is 0 Å². The van der Waals surface area contributed by atoms with Crippen molar-refractivity contribution in [3.05, 3.63) is 48.3 Å². The monoisotopic (exact) mass is 458 g/mol. The van der Waals surface area contributed by atoms with Gasteiger partial charge in [-0.15, -0.1) is 0 Å². The smallest absolute Gasteiger partial charge is 0.319 e. The molecule has 2 aromatic carbocycles. The summed E-state index contributed by atoms with van der Waals surface area (Å²) in [5.74, 6) is 1.61. The molecule has 4 aromatic rings. The fourth-order valence-electron chi connectivity index (χ4n) is 4.58. The van der Waals surface area contributed by atoms with Gasteiger partial charge in [0.25, 0.3) is 5.71 Å². The number of aromatic nitrogens is 3. The van der Waals surface area contributed by atoms with Crippen LogP contribution in [0.15, 0.2) is 47.0 Å². The number of rotatable bonds is 4. The minimum absolute atomic E-state index is 0.0446.